The average molecular weight is 248 g/mol. The maximum absolute atomic E-state index is 12.3. The molecule has 1 saturated heterocycles. The number of amides is 1. The number of nitrogens with zero attached hydrogens (tertiary/aromatic N) is 2. The van der Waals surface area contributed by atoms with Gasteiger partial charge in [-0.15, -0.1) is 0 Å². The topological polar surface area (TPSA) is 46.3 Å². The van der Waals surface area contributed by atoms with Gasteiger partial charge in [-0.3, -0.25) is 4.79 Å². The minimum absolute atomic E-state index is 0.0330. The molecule has 1 aromatic heterocycles. The van der Waals surface area contributed by atoms with E-state index in [0.717, 1.165) is 24.8 Å². The van der Waals surface area contributed by atoms with E-state index in [1.807, 2.05) is 18.7 Å². The summed E-state index contributed by atoms with van der Waals surface area (Å²) in [5.41, 5.74) is 0.895. The largest absolute Gasteiger partial charge is 0.360 e. The van der Waals surface area contributed by atoms with E-state index in [1.165, 1.54) is 12.8 Å². The van der Waals surface area contributed by atoms with Crippen molar-refractivity contribution in [3.8, 4) is 0 Å². The van der Waals surface area contributed by atoms with Crippen LogP contribution in [0.3, 0.4) is 0 Å². The van der Waals surface area contributed by atoms with Crippen LogP contribution in [0.15, 0.2) is 10.6 Å². The molecular formula is C14H20N2O2. The highest BCUT2D eigenvalue weighted by Gasteiger charge is 2.59. The molecule has 4 nitrogen and oxygen atoms in total. The molecule has 2 atom stereocenters. The summed E-state index contributed by atoms with van der Waals surface area (Å²) in [6.07, 6.45) is 2.47. The Labute approximate surface area is 107 Å². The highest BCUT2D eigenvalue weighted by molar-refractivity contribution is 5.92. The third kappa shape index (κ3) is 1.66. The van der Waals surface area contributed by atoms with Crippen molar-refractivity contribution in [1.29, 1.82) is 0 Å². The van der Waals surface area contributed by atoms with Gasteiger partial charge < -0.3 is 9.42 Å². The number of aromatic nitrogens is 1. The number of carbonyl (C=O) groups excluding carboxylic acids is 1. The van der Waals surface area contributed by atoms with Gasteiger partial charge in [-0.2, -0.15) is 0 Å². The molecule has 0 bridgehead atoms. The zero-order valence-electron chi connectivity index (χ0n) is 11.3. The lowest BCUT2D eigenvalue weighted by Crippen LogP contribution is -2.32. The first-order valence-corrected chi connectivity index (χ1v) is 6.81. The predicted octanol–water partition coefficient (Wildman–Crippen LogP) is 2.67. The smallest absolute Gasteiger partial charge is 0.276 e. The van der Waals surface area contributed by atoms with Gasteiger partial charge in [0, 0.05) is 25.1 Å². The number of rotatable bonds is 3. The van der Waals surface area contributed by atoms with Gasteiger partial charge in [-0.05, 0) is 24.2 Å². The van der Waals surface area contributed by atoms with E-state index in [0.29, 0.717) is 11.1 Å². The molecule has 1 amide bonds. The molecule has 1 aliphatic heterocycles. The number of fused-ring (bicyclic) bond motifs is 1. The Hall–Kier alpha value is -1.32. The number of piperidine rings is 1. The van der Waals surface area contributed by atoms with E-state index in [2.05, 4.69) is 12.1 Å². The molecule has 3 rings (SSSR count). The second-order valence-corrected chi connectivity index (χ2v) is 6.07. The normalized spacial score (nSPS) is 29.8. The highest BCUT2D eigenvalue weighted by atomic mass is 16.5. The first kappa shape index (κ1) is 11.8. The van der Waals surface area contributed by atoms with Gasteiger partial charge in [0.25, 0.3) is 5.91 Å². The van der Waals surface area contributed by atoms with Gasteiger partial charge in [-0.25, -0.2) is 0 Å². The van der Waals surface area contributed by atoms with Crippen LogP contribution in [0.2, 0.25) is 0 Å². The maximum atomic E-state index is 12.3. The average Bonchev–Trinajstić information content (AvgIpc) is 2.79. The molecule has 0 radical (unpaired) electrons. The van der Waals surface area contributed by atoms with Crippen LogP contribution in [0.1, 0.15) is 55.8 Å². The molecule has 2 aliphatic rings. The standard InChI is InChI=1S/C14H20N2O2/c1-4-14-6-10(14)7-16(8-14)13(17)11-5-12(9(2)3)18-15-11/h5,9-10H,4,6-8H2,1-3H3. The van der Waals surface area contributed by atoms with Crippen molar-refractivity contribution >= 4 is 5.91 Å². The van der Waals surface area contributed by atoms with Crippen molar-refractivity contribution in [2.24, 2.45) is 11.3 Å². The molecule has 0 spiro atoms. The lowest BCUT2D eigenvalue weighted by molar-refractivity contribution is 0.0753. The van der Waals surface area contributed by atoms with Gasteiger partial charge in [0.15, 0.2) is 5.69 Å². The summed E-state index contributed by atoms with van der Waals surface area (Å²) < 4.78 is 5.20. The van der Waals surface area contributed by atoms with E-state index in [1.54, 1.807) is 6.07 Å². The first-order valence-electron chi connectivity index (χ1n) is 6.81. The highest BCUT2D eigenvalue weighted by Crippen LogP contribution is 2.59. The van der Waals surface area contributed by atoms with Crippen molar-refractivity contribution in [3.05, 3.63) is 17.5 Å². The van der Waals surface area contributed by atoms with Gasteiger partial charge in [0.2, 0.25) is 0 Å². The van der Waals surface area contributed by atoms with E-state index >= 15 is 0 Å². The Morgan fingerprint density at radius 3 is 3.00 bits per heavy atom. The summed E-state index contributed by atoms with van der Waals surface area (Å²) in [6.45, 7) is 8.09. The van der Waals surface area contributed by atoms with Gasteiger partial charge >= 0.3 is 0 Å². The minimum Gasteiger partial charge on any atom is -0.360 e. The summed E-state index contributed by atoms with van der Waals surface area (Å²) in [5, 5.41) is 3.90. The van der Waals surface area contributed by atoms with Crippen LogP contribution in [0.4, 0.5) is 0 Å². The van der Waals surface area contributed by atoms with Crippen LogP contribution in [-0.4, -0.2) is 29.1 Å². The Bertz CT molecular complexity index is 476. The Kier molecular flexibility index (Phi) is 2.50. The number of carbonyl (C=O) groups is 1. The minimum atomic E-state index is 0.0330. The number of hydrogen-bond acceptors (Lipinski definition) is 3. The van der Waals surface area contributed by atoms with Crippen LogP contribution in [0.5, 0.6) is 0 Å². The van der Waals surface area contributed by atoms with Crippen LogP contribution in [0.25, 0.3) is 0 Å². The zero-order valence-corrected chi connectivity index (χ0v) is 11.3. The third-order valence-electron chi connectivity index (χ3n) is 4.61. The maximum Gasteiger partial charge on any atom is 0.276 e. The molecule has 1 aliphatic carbocycles. The molecule has 2 fully saturated rings. The molecule has 2 unspecified atom stereocenters. The first-order chi connectivity index (χ1) is 8.55. The van der Waals surface area contributed by atoms with Gasteiger partial charge in [0.05, 0.1) is 0 Å². The summed E-state index contributed by atoms with van der Waals surface area (Å²) in [6, 6.07) is 1.79. The van der Waals surface area contributed by atoms with Crippen molar-refractivity contribution < 1.29 is 9.32 Å². The Balaban J connectivity index is 1.72. The SMILES string of the molecule is CCC12CC1CN(C(=O)c1cc(C(C)C)on1)C2. The molecule has 0 aromatic carbocycles. The molecule has 2 heterocycles. The van der Waals surface area contributed by atoms with E-state index in [9.17, 15) is 4.79 Å². The fraction of sp³-hybridized carbons (Fsp3) is 0.714. The fourth-order valence-electron chi connectivity index (χ4n) is 3.12. The third-order valence-corrected chi connectivity index (χ3v) is 4.61. The lowest BCUT2D eigenvalue weighted by atomic mass is 10.0. The molecular weight excluding hydrogens is 228 g/mol. The fourth-order valence-corrected chi connectivity index (χ4v) is 3.12. The van der Waals surface area contributed by atoms with Crippen molar-refractivity contribution in [2.75, 3.05) is 13.1 Å². The second-order valence-electron chi connectivity index (χ2n) is 6.07. The molecule has 0 N–H and O–H groups in total. The summed E-state index contributed by atoms with van der Waals surface area (Å²) in [5.74, 6) is 1.81. The molecule has 98 valence electrons. The molecule has 4 heteroatoms. The number of hydrogen-bond donors (Lipinski definition) is 0. The van der Waals surface area contributed by atoms with Gasteiger partial charge in [-0.1, -0.05) is 25.9 Å². The van der Waals surface area contributed by atoms with Crippen molar-refractivity contribution in [1.82, 2.24) is 10.1 Å². The quantitative estimate of drug-likeness (QED) is 0.826. The zero-order chi connectivity index (χ0) is 12.9. The summed E-state index contributed by atoms with van der Waals surface area (Å²) in [4.78, 5) is 14.3. The van der Waals surface area contributed by atoms with E-state index in [-0.39, 0.29) is 11.8 Å². The Morgan fingerprint density at radius 1 is 1.67 bits per heavy atom. The molecule has 1 aromatic rings. The van der Waals surface area contributed by atoms with Crippen LogP contribution < -0.4 is 0 Å². The van der Waals surface area contributed by atoms with Gasteiger partial charge in [0.1, 0.15) is 5.76 Å². The van der Waals surface area contributed by atoms with Crippen LogP contribution in [-0.2, 0) is 0 Å². The van der Waals surface area contributed by atoms with Crippen molar-refractivity contribution in [2.45, 2.75) is 39.5 Å². The lowest BCUT2D eigenvalue weighted by Gasteiger charge is -2.18. The predicted molar refractivity (Wildman–Crippen MR) is 67.3 cm³/mol. The summed E-state index contributed by atoms with van der Waals surface area (Å²) >= 11 is 0. The van der Waals surface area contributed by atoms with E-state index < -0.39 is 0 Å². The monoisotopic (exact) mass is 248 g/mol. The van der Waals surface area contributed by atoms with Crippen LogP contribution >= 0.6 is 0 Å². The number of likely N-dealkylation sites (tertiary alicyclic amines) is 1. The Morgan fingerprint density at radius 2 is 2.44 bits per heavy atom. The van der Waals surface area contributed by atoms with E-state index in [4.69, 9.17) is 4.52 Å². The summed E-state index contributed by atoms with van der Waals surface area (Å²) in [7, 11) is 0. The second kappa shape index (κ2) is 3.84. The molecule has 1 saturated carbocycles. The van der Waals surface area contributed by atoms with Crippen LogP contribution in [0, 0.1) is 11.3 Å². The van der Waals surface area contributed by atoms with Crippen molar-refractivity contribution in [3.63, 3.8) is 0 Å². The molecule has 18 heavy (non-hydrogen) atoms.